The van der Waals surface area contributed by atoms with Crippen LogP contribution < -0.4 is 11.5 Å². The molecule has 0 unspecified atom stereocenters. The van der Waals surface area contributed by atoms with Crippen LogP contribution in [0.2, 0.25) is 0 Å². The van der Waals surface area contributed by atoms with Crippen LogP contribution in [0.3, 0.4) is 0 Å². The van der Waals surface area contributed by atoms with Crippen molar-refractivity contribution in [2.24, 2.45) is 5.73 Å². The molecule has 4 N–H and O–H groups in total. The van der Waals surface area contributed by atoms with Crippen LogP contribution in [0.1, 0.15) is 10.4 Å². The van der Waals surface area contributed by atoms with Gasteiger partial charge >= 0.3 is 0 Å². The van der Waals surface area contributed by atoms with Gasteiger partial charge in [0, 0.05) is 12.4 Å². The van der Waals surface area contributed by atoms with Gasteiger partial charge in [0.15, 0.2) is 5.82 Å². The summed E-state index contributed by atoms with van der Waals surface area (Å²) in [6.45, 7) is 0. The lowest BCUT2D eigenvalue weighted by molar-refractivity contribution is 0.100. The molecule has 2 rings (SSSR count). The maximum absolute atomic E-state index is 10.9. The zero-order valence-corrected chi connectivity index (χ0v) is 7.66. The molecule has 2 aromatic rings. The quantitative estimate of drug-likeness (QED) is 0.674. The highest BCUT2D eigenvalue weighted by atomic mass is 16.1. The summed E-state index contributed by atoms with van der Waals surface area (Å²) in [4.78, 5) is 18.8. The number of rotatable bonds is 2. The fraction of sp³-hybridized carbons (Fsp3) is 0. The Bertz CT molecular complexity index is 491. The first-order chi connectivity index (χ1) is 7.20. The van der Waals surface area contributed by atoms with Gasteiger partial charge in [-0.05, 0) is 0 Å². The Morgan fingerprint density at radius 1 is 1.33 bits per heavy atom. The summed E-state index contributed by atoms with van der Waals surface area (Å²) in [7, 11) is 0. The predicted molar refractivity (Wildman–Crippen MR) is 52.1 cm³/mol. The van der Waals surface area contributed by atoms with Crippen LogP contribution in [-0.2, 0) is 0 Å². The van der Waals surface area contributed by atoms with Crippen molar-refractivity contribution in [3.05, 3.63) is 30.4 Å². The highest BCUT2D eigenvalue weighted by Crippen LogP contribution is 2.13. The second-order valence-corrected chi connectivity index (χ2v) is 2.78. The van der Waals surface area contributed by atoms with Gasteiger partial charge < -0.3 is 11.5 Å². The summed E-state index contributed by atoms with van der Waals surface area (Å²) < 4.78 is 1.30. The third kappa shape index (κ3) is 1.50. The van der Waals surface area contributed by atoms with Gasteiger partial charge in [0.2, 0.25) is 0 Å². The van der Waals surface area contributed by atoms with Crippen LogP contribution in [0.5, 0.6) is 0 Å². The van der Waals surface area contributed by atoms with Gasteiger partial charge in [-0.2, -0.15) is 9.78 Å². The van der Waals surface area contributed by atoms with E-state index < -0.39 is 5.91 Å². The molecule has 0 aliphatic carbocycles. The molecule has 2 heterocycles. The van der Waals surface area contributed by atoms with Crippen molar-refractivity contribution < 1.29 is 4.79 Å². The molecule has 2 aromatic heterocycles. The number of primary amides is 1. The summed E-state index contributed by atoms with van der Waals surface area (Å²) in [5.41, 5.74) is 10.9. The number of nitrogens with two attached hydrogens (primary N) is 2. The summed E-state index contributed by atoms with van der Waals surface area (Å²) >= 11 is 0. The molecule has 0 bridgehead atoms. The molecule has 15 heavy (non-hydrogen) atoms. The fourth-order valence-corrected chi connectivity index (χ4v) is 1.13. The van der Waals surface area contributed by atoms with E-state index in [1.165, 1.54) is 29.5 Å². The summed E-state index contributed by atoms with van der Waals surface area (Å²) in [6, 6.07) is 0. The molecule has 0 atom stereocenters. The van der Waals surface area contributed by atoms with Gasteiger partial charge in [0.1, 0.15) is 11.4 Å². The van der Waals surface area contributed by atoms with E-state index in [4.69, 9.17) is 11.5 Å². The first-order valence-corrected chi connectivity index (χ1v) is 4.10. The second kappa shape index (κ2) is 3.37. The molecule has 7 nitrogen and oxygen atoms in total. The highest BCUT2D eigenvalue weighted by molar-refractivity contribution is 5.97. The molecule has 1 amide bonds. The Kier molecular flexibility index (Phi) is 2.05. The Morgan fingerprint density at radius 3 is 2.67 bits per heavy atom. The molecule has 76 valence electrons. The van der Waals surface area contributed by atoms with Crippen molar-refractivity contribution in [3.63, 3.8) is 0 Å². The molecule has 0 aliphatic heterocycles. The minimum absolute atomic E-state index is 0.156. The number of carbonyl (C=O) groups excluding carboxylic acids is 1. The molecule has 7 heteroatoms. The number of nitrogen functional groups attached to an aromatic ring is 1. The Labute approximate surface area is 84.7 Å². The smallest absolute Gasteiger partial charge is 0.254 e. The van der Waals surface area contributed by atoms with E-state index in [0.717, 1.165) is 0 Å². The number of hydrogen-bond acceptors (Lipinski definition) is 5. The maximum Gasteiger partial charge on any atom is 0.254 e. The van der Waals surface area contributed by atoms with Gasteiger partial charge in [-0.15, -0.1) is 0 Å². The highest BCUT2D eigenvalue weighted by Gasteiger charge is 2.13. The number of aromatic nitrogens is 4. The van der Waals surface area contributed by atoms with Crippen LogP contribution in [0.25, 0.3) is 5.82 Å². The fourth-order valence-electron chi connectivity index (χ4n) is 1.13. The van der Waals surface area contributed by atoms with Crippen molar-refractivity contribution in [2.75, 3.05) is 5.73 Å². The van der Waals surface area contributed by atoms with Crippen molar-refractivity contribution in [1.29, 1.82) is 0 Å². The van der Waals surface area contributed by atoms with E-state index >= 15 is 0 Å². The van der Waals surface area contributed by atoms with Crippen molar-refractivity contribution in [3.8, 4) is 5.82 Å². The molecular formula is C8H8N6O. The van der Waals surface area contributed by atoms with E-state index in [1.807, 2.05) is 0 Å². The van der Waals surface area contributed by atoms with E-state index in [-0.39, 0.29) is 11.4 Å². The monoisotopic (exact) mass is 204 g/mol. The lowest BCUT2D eigenvalue weighted by Crippen LogP contribution is -2.13. The first kappa shape index (κ1) is 9.13. The summed E-state index contributed by atoms with van der Waals surface area (Å²) in [5.74, 6) is -0.0341. The number of anilines is 1. The molecule has 0 spiro atoms. The standard InChI is InChI=1S/C8H8N6O/c9-7-5(8(10)15)3-13-14(7)6-4-11-1-2-12-6/h1-4H,9H2,(H2,10,15). The number of amides is 1. The average molecular weight is 204 g/mol. The van der Waals surface area contributed by atoms with Gasteiger partial charge in [-0.25, -0.2) is 4.98 Å². The van der Waals surface area contributed by atoms with Crippen LogP contribution in [0, 0.1) is 0 Å². The number of nitrogens with zero attached hydrogens (tertiary/aromatic N) is 4. The number of carbonyl (C=O) groups is 1. The first-order valence-electron chi connectivity index (χ1n) is 4.10. The van der Waals surface area contributed by atoms with Crippen LogP contribution in [-0.4, -0.2) is 25.7 Å². The van der Waals surface area contributed by atoms with E-state index in [1.54, 1.807) is 0 Å². The molecule has 0 fully saturated rings. The molecule has 0 saturated heterocycles. The molecular weight excluding hydrogens is 196 g/mol. The molecule has 0 aliphatic rings. The Hall–Kier alpha value is -2.44. The van der Waals surface area contributed by atoms with Crippen molar-refractivity contribution in [1.82, 2.24) is 19.7 Å². The van der Waals surface area contributed by atoms with E-state index in [2.05, 4.69) is 15.1 Å². The van der Waals surface area contributed by atoms with Gasteiger partial charge in [-0.3, -0.25) is 9.78 Å². The lowest BCUT2D eigenvalue weighted by Gasteiger charge is -2.01. The number of hydrogen-bond donors (Lipinski definition) is 2. The van der Waals surface area contributed by atoms with E-state index in [0.29, 0.717) is 5.82 Å². The largest absolute Gasteiger partial charge is 0.383 e. The van der Waals surface area contributed by atoms with Crippen LogP contribution in [0.4, 0.5) is 5.82 Å². The summed E-state index contributed by atoms with van der Waals surface area (Å²) in [6.07, 6.45) is 5.80. The predicted octanol–water partition coefficient (Wildman–Crippen LogP) is -0.657. The summed E-state index contributed by atoms with van der Waals surface area (Å²) in [5, 5.41) is 3.90. The second-order valence-electron chi connectivity index (χ2n) is 2.78. The van der Waals surface area contributed by atoms with Gasteiger partial charge in [-0.1, -0.05) is 0 Å². The minimum Gasteiger partial charge on any atom is -0.383 e. The molecule has 0 saturated carbocycles. The lowest BCUT2D eigenvalue weighted by atomic mass is 10.3. The van der Waals surface area contributed by atoms with Crippen molar-refractivity contribution >= 4 is 11.7 Å². The van der Waals surface area contributed by atoms with Crippen molar-refractivity contribution in [2.45, 2.75) is 0 Å². The van der Waals surface area contributed by atoms with Crippen LogP contribution >= 0.6 is 0 Å². The van der Waals surface area contributed by atoms with E-state index in [9.17, 15) is 4.79 Å². The third-order valence-corrected chi connectivity index (χ3v) is 1.84. The Morgan fingerprint density at radius 2 is 2.13 bits per heavy atom. The average Bonchev–Trinajstić information content (AvgIpc) is 2.61. The molecule has 0 aromatic carbocycles. The maximum atomic E-state index is 10.9. The third-order valence-electron chi connectivity index (χ3n) is 1.84. The normalized spacial score (nSPS) is 10.1. The Balaban J connectivity index is 2.52. The van der Waals surface area contributed by atoms with Crippen LogP contribution in [0.15, 0.2) is 24.8 Å². The SMILES string of the molecule is NC(=O)c1cnn(-c2cnccn2)c1N. The zero-order valence-electron chi connectivity index (χ0n) is 7.66. The topological polar surface area (TPSA) is 113 Å². The zero-order chi connectivity index (χ0) is 10.8. The van der Waals surface area contributed by atoms with Gasteiger partial charge in [0.25, 0.3) is 5.91 Å². The minimum atomic E-state index is -0.623. The van der Waals surface area contributed by atoms with Gasteiger partial charge in [0.05, 0.1) is 12.4 Å². The molecule has 0 radical (unpaired) electrons.